The lowest BCUT2D eigenvalue weighted by Crippen LogP contribution is -2.68. The Morgan fingerprint density at radius 3 is 2.30 bits per heavy atom. The number of alkyl carbamates (subject to hydrolysis) is 1. The number of methoxy groups -OCH3 is 3. The number of aromatic nitrogens is 4. The number of imidazole rings is 2. The van der Waals surface area contributed by atoms with Gasteiger partial charge in [0.05, 0.1) is 62.7 Å². The van der Waals surface area contributed by atoms with Gasteiger partial charge in [-0.3, -0.25) is 9.79 Å². The molecule has 16 heteroatoms. The van der Waals surface area contributed by atoms with E-state index in [4.69, 9.17) is 47.1 Å². The third-order valence-electron chi connectivity index (χ3n) is 11.9. The van der Waals surface area contributed by atoms with E-state index in [2.05, 4.69) is 37.7 Å². The summed E-state index contributed by atoms with van der Waals surface area (Å²) in [5.41, 5.74) is 11.4. The lowest BCUT2D eigenvalue weighted by Gasteiger charge is -2.62. The number of amides is 2. The van der Waals surface area contributed by atoms with Gasteiger partial charge in [0.25, 0.3) is 0 Å². The Morgan fingerprint density at radius 1 is 0.943 bits per heavy atom. The van der Waals surface area contributed by atoms with Gasteiger partial charge in [0.2, 0.25) is 5.91 Å². The van der Waals surface area contributed by atoms with Crippen LogP contribution in [0.1, 0.15) is 80.1 Å². The van der Waals surface area contributed by atoms with Crippen LogP contribution in [0.2, 0.25) is 0 Å². The van der Waals surface area contributed by atoms with Crippen molar-refractivity contribution in [1.82, 2.24) is 40.4 Å². The van der Waals surface area contributed by atoms with Crippen molar-refractivity contribution in [2.24, 2.45) is 22.6 Å². The number of aromatic amines is 2. The highest BCUT2D eigenvalue weighted by molar-refractivity contribution is 7.80. The van der Waals surface area contributed by atoms with Crippen molar-refractivity contribution in [2.75, 3.05) is 41.1 Å². The minimum absolute atomic E-state index is 0.0123. The number of hydrogen-bond acceptors (Lipinski definition) is 11. The molecule has 8 atom stereocenters. The van der Waals surface area contributed by atoms with Crippen LogP contribution in [0.4, 0.5) is 4.79 Å². The Hall–Kier alpha value is -4.38. The number of amidine groups is 1. The first-order chi connectivity index (χ1) is 25.8. The molecule has 6 N–H and O–H groups in total. The summed E-state index contributed by atoms with van der Waals surface area (Å²) >= 11 is 5.89. The third-order valence-corrected chi connectivity index (χ3v) is 12.4. The maximum absolute atomic E-state index is 13.3. The van der Waals surface area contributed by atoms with Gasteiger partial charge in [-0.1, -0.05) is 24.4 Å². The molecular formula is C37H48N10O5S. The van der Waals surface area contributed by atoms with Crippen LogP contribution in [0.3, 0.4) is 0 Å². The summed E-state index contributed by atoms with van der Waals surface area (Å²) in [5, 5.41) is 6.23. The van der Waals surface area contributed by atoms with E-state index in [0.717, 1.165) is 85.0 Å². The van der Waals surface area contributed by atoms with Gasteiger partial charge in [0, 0.05) is 44.0 Å². The van der Waals surface area contributed by atoms with Crippen molar-refractivity contribution in [3.63, 3.8) is 0 Å². The highest BCUT2D eigenvalue weighted by Gasteiger charge is 2.57. The Bertz CT molecular complexity index is 1880. The van der Waals surface area contributed by atoms with Crippen LogP contribution in [-0.2, 0) is 19.0 Å². The number of thiocarbonyl (C=S) groups is 1. The summed E-state index contributed by atoms with van der Waals surface area (Å²) in [7, 11) is 4.49. The Labute approximate surface area is 313 Å². The summed E-state index contributed by atoms with van der Waals surface area (Å²) in [6.07, 6.45) is 16.4. The van der Waals surface area contributed by atoms with Gasteiger partial charge in [-0.15, -0.1) is 0 Å². The minimum atomic E-state index is -0.669. The molecule has 0 aromatic carbocycles. The topological polar surface area (TPSA) is 188 Å². The molecule has 2 aromatic heterocycles. The number of carbonyl (C=O) groups excluding carboxylic acids is 2. The van der Waals surface area contributed by atoms with Crippen molar-refractivity contribution in [2.45, 2.75) is 81.2 Å². The van der Waals surface area contributed by atoms with Gasteiger partial charge in [-0.2, -0.15) is 0 Å². The number of allylic oxidation sites excluding steroid dienone is 3. The molecule has 3 aliphatic carbocycles. The number of nitrogens with two attached hydrogens (primary N) is 1. The fourth-order valence-electron chi connectivity index (χ4n) is 9.12. The maximum Gasteiger partial charge on any atom is 0.407 e. The molecule has 2 saturated carbocycles. The first-order valence-electron chi connectivity index (χ1n) is 18.5. The minimum Gasteiger partial charge on any atom is -0.453 e. The lowest BCUT2D eigenvalue weighted by atomic mass is 9.65. The van der Waals surface area contributed by atoms with Gasteiger partial charge in [-0.05, 0) is 62.0 Å². The molecule has 2 saturated heterocycles. The van der Waals surface area contributed by atoms with Crippen molar-refractivity contribution in [3.05, 3.63) is 59.4 Å². The number of likely N-dealkylation sites (tertiary alicyclic amines) is 2. The van der Waals surface area contributed by atoms with Crippen LogP contribution in [-0.4, -0.2) is 118 Å². The van der Waals surface area contributed by atoms with Crippen molar-refractivity contribution in [1.29, 1.82) is 0 Å². The predicted molar refractivity (Wildman–Crippen MR) is 201 cm³/mol. The molecule has 282 valence electrons. The lowest BCUT2D eigenvalue weighted by molar-refractivity contribution is -0.138. The fraction of sp³-hybridized carbons (Fsp3) is 0.568. The molecule has 15 nitrogen and oxygen atoms in total. The number of hydrogen-bond donors (Lipinski definition) is 5. The van der Waals surface area contributed by atoms with Crippen LogP contribution < -0.4 is 16.4 Å². The molecule has 5 heterocycles. The first-order valence-corrected chi connectivity index (χ1v) is 18.9. The zero-order valence-corrected chi connectivity index (χ0v) is 31.2. The van der Waals surface area contributed by atoms with Gasteiger partial charge in [-0.25, -0.2) is 14.8 Å². The molecule has 3 aliphatic heterocycles. The predicted octanol–water partition coefficient (Wildman–Crippen LogP) is 3.14. The quantitative estimate of drug-likeness (QED) is 0.201. The number of piperidine rings is 2. The van der Waals surface area contributed by atoms with E-state index in [1.807, 2.05) is 23.5 Å². The highest BCUT2D eigenvalue weighted by atomic mass is 32.1. The standard InChI is InChI=1S/C37H48N10O5S/c1-50-17-25(38)35(48)46-23-9-8-21(12-23)30(46)33-41-15-26(43-33)19-4-6-20(7-5-19)32-39-13-22(14-40-32)27-16-42-34(44-27)31-24-10-11-29(24)47(31)36(53)28(18-51-2)45-37(49)52-3/h4,6,13,15-16,21,23-25,28-31H,5,7-12,14,17-18,38H2,1-3H3,(H,39,40)(H,41,43)(H,42,44)(H,45,49). The molecule has 8 unspecified atom stereocenters. The summed E-state index contributed by atoms with van der Waals surface area (Å²) in [4.78, 5) is 51.7. The van der Waals surface area contributed by atoms with Gasteiger partial charge < -0.3 is 50.3 Å². The number of ether oxygens (including phenoxy) is 3. The molecule has 6 aliphatic rings. The number of nitrogens with one attached hydrogen (secondary N) is 4. The van der Waals surface area contributed by atoms with Gasteiger partial charge >= 0.3 is 6.09 Å². The second-order valence-corrected chi connectivity index (χ2v) is 15.3. The summed E-state index contributed by atoms with van der Waals surface area (Å²) in [5.74, 6) is 3.36. The van der Waals surface area contributed by atoms with E-state index in [9.17, 15) is 9.59 Å². The van der Waals surface area contributed by atoms with Crippen LogP contribution in [0.25, 0.3) is 11.1 Å². The smallest absolute Gasteiger partial charge is 0.407 e. The van der Waals surface area contributed by atoms with Crippen LogP contribution >= 0.6 is 12.2 Å². The summed E-state index contributed by atoms with van der Waals surface area (Å²) in [6.45, 7) is 0.980. The molecule has 53 heavy (non-hydrogen) atoms. The number of nitrogens with zero attached hydrogens (tertiary/aromatic N) is 5. The summed E-state index contributed by atoms with van der Waals surface area (Å²) < 4.78 is 15.3. The average molecular weight is 745 g/mol. The van der Waals surface area contributed by atoms with E-state index in [0.29, 0.717) is 29.4 Å². The number of fused-ring (bicyclic) bond motifs is 3. The molecule has 0 radical (unpaired) electrons. The molecular weight excluding hydrogens is 697 g/mol. The van der Waals surface area contributed by atoms with Crippen LogP contribution in [0.5, 0.6) is 0 Å². The Kier molecular flexibility index (Phi) is 9.95. The third kappa shape index (κ3) is 6.49. The Morgan fingerprint density at radius 2 is 1.66 bits per heavy atom. The van der Waals surface area contributed by atoms with Crippen molar-refractivity contribution >= 4 is 46.2 Å². The zero-order chi connectivity index (χ0) is 36.8. The molecule has 8 rings (SSSR count). The average Bonchev–Trinajstić information content (AvgIpc) is 4.00. The van der Waals surface area contributed by atoms with E-state index in [1.165, 1.54) is 12.7 Å². The number of aliphatic imine (C=N–C) groups is 1. The van der Waals surface area contributed by atoms with Gasteiger partial charge in [0.1, 0.15) is 34.6 Å². The first kappa shape index (κ1) is 35.6. The molecule has 2 aromatic rings. The fourth-order valence-corrected chi connectivity index (χ4v) is 9.49. The molecule has 0 spiro atoms. The highest BCUT2D eigenvalue weighted by Crippen LogP contribution is 2.55. The SMILES string of the molecule is COCC(N)C(=O)N1C2CCC(C2)C1c1ncc(C2=CC=C(C3=NCC(c4cnc(C5C6CCC6N5C(=S)C(COC)NC(=O)OC)[nH]4)=CN3)CC2)[nH]1. The van der Waals surface area contributed by atoms with E-state index in [1.54, 1.807) is 14.2 Å². The van der Waals surface area contributed by atoms with Gasteiger partial charge in [0.15, 0.2) is 0 Å². The number of H-pyrrole nitrogens is 2. The summed E-state index contributed by atoms with van der Waals surface area (Å²) in [6, 6.07) is -0.658. The van der Waals surface area contributed by atoms with Crippen molar-refractivity contribution in [3.8, 4) is 0 Å². The zero-order valence-electron chi connectivity index (χ0n) is 30.3. The normalized spacial score (nSPS) is 28.3. The van der Waals surface area contributed by atoms with Crippen LogP contribution in [0, 0.1) is 11.8 Å². The number of rotatable bonds is 12. The monoisotopic (exact) mass is 744 g/mol. The Balaban J connectivity index is 0.904. The number of carbonyl (C=O) groups is 2. The van der Waals surface area contributed by atoms with Crippen LogP contribution in [0.15, 0.2) is 41.3 Å². The van der Waals surface area contributed by atoms with E-state index >= 15 is 0 Å². The van der Waals surface area contributed by atoms with E-state index < -0.39 is 18.2 Å². The maximum atomic E-state index is 13.3. The largest absolute Gasteiger partial charge is 0.453 e. The molecule has 2 amide bonds. The van der Waals surface area contributed by atoms with Crippen molar-refractivity contribution < 1.29 is 23.8 Å². The molecule has 4 fully saturated rings. The second-order valence-electron chi connectivity index (χ2n) is 14.8. The second kappa shape index (κ2) is 14.8. The molecule has 2 bridgehead atoms. The van der Waals surface area contributed by atoms with E-state index in [-0.39, 0.29) is 37.2 Å².